The highest BCUT2D eigenvalue weighted by molar-refractivity contribution is 9.10. The summed E-state index contributed by atoms with van der Waals surface area (Å²) in [6.07, 6.45) is 2.11. The summed E-state index contributed by atoms with van der Waals surface area (Å²) < 4.78 is 27.8. The lowest BCUT2D eigenvalue weighted by atomic mass is 10.0. The number of anilines is 1. The minimum Gasteiger partial charge on any atom is -0.352 e. The first-order valence-electron chi connectivity index (χ1n) is 13.3. The van der Waals surface area contributed by atoms with Crippen LogP contribution < -0.4 is 9.62 Å². The fourth-order valence-electron chi connectivity index (χ4n) is 4.28. The van der Waals surface area contributed by atoms with Gasteiger partial charge in [-0.1, -0.05) is 83.0 Å². The second kappa shape index (κ2) is 13.9. The first-order chi connectivity index (χ1) is 18.9. The second-order valence-corrected chi connectivity index (χ2v) is 13.0. The molecule has 40 heavy (non-hydrogen) atoms. The van der Waals surface area contributed by atoms with Crippen LogP contribution in [0.2, 0.25) is 0 Å². The summed E-state index contributed by atoms with van der Waals surface area (Å²) in [7, 11) is -3.81. The molecule has 0 spiro atoms. The molecular formula is C31H38BrN3O4S. The summed E-state index contributed by atoms with van der Waals surface area (Å²) in [5, 5.41) is 3.04. The average Bonchev–Trinajstić information content (AvgIpc) is 2.91. The number of aryl methyl sites for hydroxylation is 2. The molecule has 0 radical (unpaired) electrons. The zero-order valence-corrected chi connectivity index (χ0v) is 26.1. The molecule has 2 amide bonds. The number of hydrogen-bond donors (Lipinski definition) is 1. The predicted octanol–water partition coefficient (Wildman–Crippen LogP) is 5.39. The van der Waals surface area contributed by atoms with Crippen LogP contribution in [0.3, 0.4) is 0 Å². The zero-order valence-electron chi connectivity index (χ0n) is 23.7. The molecule has 0 aromatic heterocycles. The Hall–Kier alpha value is -3.17. The second-order valence-electron chi connectivity index (χ2n) is 10.2. The maximum atomic E-state index is 14.1. The van der Waals surface area contributed by atoms with Crippen LogP contribution in [0.5, 0.6) is 0 Å². The van der Waals surface area contributed by atoms with Gasteiger partial charge in [0, 0.05) is 23.5 Å². The Morgan fingerprint density at radius 3 is 2.17 bits per heavy atom. The molecule has 7 nitrogen and oxygen atoms in total. The van der Waals surface area contributed by atoms with Crippen LogP contribution in [-0.4, -0.2) is 50.0 Å². The van der Waals surface area contributed by atoms with Gasteiger partial charge in [-0.15, -0.1) is 0 Å². The predicted molar refractivity (Wildman–Crippen MR) is 165 cm³/mol. The van der Waals surface area contributed by atoms with E-state index in [-0.39, 0.29) is 24.9 Å². The molecule has 0 saturated heterocycles. The molecule has 0 aliphatic heterocycles. The summed E-state index contributed by atoms with van der Waals surface area (Å²) in [6, 6.07) is 21.5. The number of carbonyl (C=O) groups is 2. The molecule has 0 bridgehead atoms. The molecule has 0 unspecified atom stereocenters. The summed E-state index contributed by atoms with van der Waals surface area (Å²) in [5.41, 5.74) is 4.04. The smallest absolute Gasteiger partial charge is 0.244 e. The van der Waals surface area contributed by atoms with Crippen LogP contribution in [0.1, 0.15) is 42.5 Å². The highest BCUT2D eigenvalue weighted by Gasteiger charge is 2.33. The fourth-order valence-corrected chi connectivity index (χ4v) is 5.37. The van der Waals surface area contributed by atoms with Crippen LogP contribution in [-0.2, 0) is 32.6 Å². The van der Waals surface area contributed by atoms with Gasteiger partial charge in [0.25, 0.3) is 0 Å². The Bertz CT molecular complexity index is 1410. The molecule has 0 heterocycles. The summed E-state index contributed by atoms with van der Waals surface area (Å²) in [6.45, 7) is 7.46. The van der Waals surface area contributed by atoms with Gasteiger partial charge in [-0.3, -0.25) is 13.9 Å². The maximum absolute atomic E-state index is 14.1. The number of hydrogen-bond acceptors (Lipinski definition) is 4. The number of amides is 2. The Morgan fingerprint density at radius 1 is 0.950 bits per heavy atom. The van der Waals surface area contributed by atoms with Crippen molar-refractivity contribution in [3.8, 4) is 0 Å². The van der Waals surface area contributed by atoms with Gasteiger partial charge >= 0.3 is 0 Å². The Kier molecular flexibility index (Phi) is 10.9. The standard InChI is InChI=1S/C31H38BrN3O4S/c1-6-24(4)33-31(37)29(19-25-10-8-7-9-11-25)34(20-26-14-12-22(2)13-15-26)30(36)21-35(40(5,38)39)27-16-17-28(32)23(3)18-27/h7-18,24,29H,6,19-21H2,1-5H3,(H,33,37)/t24-,29-/m1/s1. The molecule has 3 rings (SSSR count). The molecule has 0 saturated carbocycles. The van der Waals surface area contributed by atoms with Gasteiger partial charge in [-0.25, -0.2) is 8.42 Å². The van der Waals surface area contributed by atoms with Crippen molar-refractivity contribution in [1.29, 1.82) is 0 Å². The normalized spacial score (nSPS) is 12.8. The third-order valence-electron chi connectivity index (χ3n) is 6.85. The lowest BCUT2D eigenvalue weighted by molar-refractivity contribution is -0.140. The van der Waals surface area contributed by atoms with E-state index in [1.54, 1.807) is 18.2 Å². The van der Waals surface area contributed by atoms with E-state index in [4.69, 9.17) is 0 Å². The maximum Gasteiger partial charge on any atom is 0.244 e. The fraction of sp³-hybridized carbons (Fsp3) is 0.355. The van der Waals surface area contributed by atoms with E-state index in [1.165, 1.54) is 4.90 Å². The monoisotopic (exact) mass is 627 g/mol. The molecular weight excluding hydrogens is 590 g/mol. The van der Waals surface area contributed by atoms with E-state index in [0.717, 1.165) is 43.7 Å². The minimum atomic E-state index is -3.81. The molecule has 1 N–H and O–H groups in total. The molecule has 0 aliphatic rings. The van der Waals surface area contributed by atoms with Crippen molar-refractivity contribution in [3.05, 3.63) is 99.5 Å². The number of nitrogens with zero attached hydrogens (tertiary/aromatic N) is 2. The quantitative estimate of drug-likeness (QED) is 0.292. The van der Waals surface area contributed by atoms with Crippen LogP contribution >= 0.6 is 15.9 Å². The third-order valence-corrected chi connectivity index (χ3v) is 8.88. The van der Waals surface area contributed by atoms with E-state index >= 15 is 0 Å². The van der Waals surface area contributed by atoms with Crippen LogP contribution in [0.25, 0.3) is 0 Å². The molecule has 2 atom stereocenters. The van der Waals surface area contributed by atoms with E-state index in [1.807, 2.05) is 82.3 Å². The van der Waals surface area contributed by atoms with Gasteiger partial charge in [0.15, 0.2) is 0 Å². The number of benzene rings is 3. The summed E-state index contributed by atoms with van der Waals surface area (Å²) >= 11 is 3.45. The van der Waals surface area contributed by atoms with Gasteiger partial charge in [-0.05, 0) is 62.1 Å². The molecule has 214 valence electrons. The van der Waals surface area contributed by atoms with E-state index < -0.39 is 28.5 Å². The van der Waals surface area contributed by atoms with Gasteiger partial charge in [0.2, 0.25) is 21.8 Å². The molecule has 9 heteroatoms. The number of sulfonamides is 1. The van der Waals surface area contributed by atoms with Crippen LogP contribution in [0, 0.1) is 13.8 Å². The lowest BCUT2D eigenvalue weighted by Crippen LogP contribution is -2.54. The minimum absolute atomic E-state index is 0.0830. The number of rotatable bonds is 12. The number of halogens is 1. The first-order valence-corrected chi connectivity index (χ1v) is 16.0. The third kappa shape index (κ3) is 8.66. The topological polar surface area (TPSA) is 86.8 Å². The summed E-state index contributed by atoms with van der Waals surface area (Å²) in [5.74, 6) is -0.740. The van der Waals surface area contributed by atoms with Crippen LogP contribution in [0.4, 0.5) is 5.69 Å². The van der Waals surface area contributed by atoms with E-state index in [9.17, 15) is 18.0 Å². The van der Waals surface area contributed by atoms with Crippen molar-refractivity contribution in [3.63, 3.8) is 0 Å². The molecule has 3 aromatic carbocycles. The van der Waals surface area contributed by atoms with Gasteiger partial charge in [0.05, 0.1) is 11.9 Å². The number of carbonyl (C=O) groups excluding carboxylic acids is 2. The highest BCUT2D eigenvalue weighted by atomic mass is 79.9. The van der Waals surface area contributed by atoms with E-state index in [0.29, 0.717) is 5.69 Å². The number of nitrogens with one attached hydrogen (secondary N) is 1. The van der Waals surface area contributed by atoms with Crippen molar-refractivity contribution in [1.82, 2.24) is 10.2 Å². The highest BCUT2D eigenvalue weighted by Crippen LogP contribution is 2.25. The van der Waals surface area contributed by atoms with Crippen molar-refractivity contribution in [2.45, 2.75) is 59.2 Å². The van der Waals surface area contributed by atoms with Gasteiger partial charge < -0.3 is 10.2 Å². The summed E-state index contributed by atoms with van der Waals surface area (Å²) in [4.78, 5) is 29.3. The van der Waals surface area contributed by atoms with Crippen molar-refractivity contribution in [2.24, 2.45) is 0 Å². The van der Waals surface area contributed by atoms with Crippen molar-refractivity contribution in [2.75, 3.05) is 17.1 Å². The zero-order chi connectivity index (χ0) is 29.4. The van der Waals surface area contributed by atoms with Crippen LogP contribution in [0.15, 0.2) is 77.3 Å². The Balaban J connectivity index is 2.06. The first kappa shape index (κ1) is 31.4. The SMILES string of the molecule is CC[C@@H](C)NC(=O)[C@@H](Cc1ccccc1)N(Cc1ccc(C)cc1)C(=O)CN(c1ccc(Br)c(C)c1)S(C)(=O)=O. The lowest BCUT2D eigenvalue weighted by Gasteiger charge is -2.34. The molecule has 0 fully saturated rings. The largest absolute Gasteiger partial charge is 0.352 e. The van der Waals surface area contributed by atoms with E-state index in [2.05, 4.69) is 21.2 Å². The van der Waals surface area contributed by atoms with Crippen molar-refractivity contribution >= 4 is 43.5 Å². The molecule has 3 aromatic rings. The Labute approximate surface area is 246 Å². The van der Waals surface area contributed by atoms with Gasteiger partial charge in [0.1, 0.15) is 12.6 Å². The van der Waals surface area contributed by atoms with Gasteiger partial charge in [-0.2, -0.15) is 0 Å². The van der Waals surface area contributed by atoms with Crippen molar-refractivity contribution < 1.29 is 18.0 Å². The average molecular weight is 629 g/mol. The Morgan fingerprint density at radius 2 is 1.60 bits per heavy atom. The molecule has 0 aliphatic carbocycles.